The topological polar surface area (TPSA) is 26.3 Å². The van der Waals surface area contributed by atoms with E-state index in [-0.39, 0.29) is 11.1 Å². The number of hydrogen-bond donors (Lipinski definition) is 0. The number of aldehydes is 1. The number of rotatable bonds is 9. The van der Waals surface area contributed by atoms with Crippen LogP contribution in [0.3, 0.4) is 0 Å². The zero-order valence-electron chi connectivity index (χ0n) is 15.5. The van der Waals surface area contributed by atoms with E-state index < -0.39 is 8.32 Å². The summed E-state index contributed by atoms with van der Waals surface area (Å²) in [4.78, 5) is 10.4. The average molecular weight is 323 g/mol. The lowest BCUT2D eigenvalue weighted by Gasteiger charge is -2.40. The van der Waals surface area contributed by atoms with Crippen LogP contribution in [-0.4, -0.2) is 20.7 Å². The molecule has 126 valence electrons. The van der Waals surface area contributed by atoms with E-state index >= 15 is 0 Å². The molecule has 0 bridgehead atoms. The fraction of sp³-hybridized carbons (Fsp3) is 0.632. The molecule has 0 aromatic heterocycles. The maximum Gasteiger partial charge on any atom is 0.192 e. The molecule has 0 saturated heterocycles. The molecule has 0 rings (SSSR count). The Labute approximate surface area is 138 Å². The third-order valence-electron chi connectivity index (χ3n) is 4.53. The first-order chi connectivity index (χ1) is 10.0. The van der Waals surface area contributed by atoms with Crippen LogP contribution in [0.25, 0.3) is 0 Å². The zero-order chi connectivity index (χ0) is 17.4. The Morgan fingerprint density at radius 3 is 2.32 bits per heavy atom. The summed E-state index contributed by atoms with van der Waals surface area (Å²) >= 11 is 0. The fourth-order valence-corrected chi connectivity index (χ4v) is 3.32. The fourth-order valence-electron chi connectivity index (χ4n) is 1.95. The smallest absolute Gasteiger partial charge is 0.192 e. The van der Waals surface area contributed by atoms with E-state index in [1.54, 1.807) is 6.08 Å². The van der Waals surface area contributed by atoms with Crippen LogP contribution in [0.4, 0.5) is 0 Å². The van der Waals surface area contributed by atoms with Crippen molar-refractivity contribution in [3.05, 3.63) is 36.5 Å². The van der Waals surface area contributed by atoms with Crippen LogP contribution in [-0.2, 0) is 9.22 Å². The Kier molecular flexibility index (Phi) is 8.87. The molecule has 0 aliphatic carbocycles. The van der Waals surface area contributed by atoms with E-state index in [4.69, 9.17) is 4.43 Å². The van der Waals surface area contributed by atoms with Gasteiger partial charge in [0.1, 0.15) is 6.29 Å². The second-order valence-electron chi connectivity index (χ2n) is 7.59. The summed E-state index contributed by atoms with van der Waals surface area (Å²) < 4.78 is 6.60. The van der Waals surface area contributed by atoms with Gasteiger partial charge in [-0.3, -0.25) is 4.79 Å². The molecule has 2 nitrogen and oxygen atoms in total. The van der Waals surface area contributed by atoms with Gasteiger partial charge in [0.15, 0.2) is 8.32 Å². The van der Waals surface area contributed by atoms with Gasteiger partial charge in [-0.15, -0.1) is 0 Å². The van der Waals surface area contributed by atoms with E-state index in [1.165, 1.54) is 5.57 Å². The molecule has 0 aliphatic heterocycles. The molecule has 0 aromatic carbocycles. The Bertz CT molecular complexity index is 414. The predicted molar refractivity (Wildman–Crippen MR) is 99.6 cm³/mol. The molecular formula is C19H34O2Si. The molecule has 0 spiro atoms. The van der Waals surface area contributed by atoms with Crippen molar-refractivity contribution in [1.82, 2.24) is 0 Å². The number of carbonyl (C=O) groups excluding carboxylic acids is 1. The van der Waals surface area contributed by atoms with Crippen LogP contribution < -0.4 is 0 Å². The molecule has 0 aromatic rings. The van der Waals surface area contributed by atoms with Crippen molar-refractivity contribution >= 4 is 14.6 Å². The van der Waals surface area contributed by atoms with Gasteiger partial charge >= 0.3 is 0 Å². The first-order valence-corrected chi connectivity index (χ1v) is 11.0. The lowest BCUT2D eigenvalue weighted by Crippen LogP contribution is -2.44. The summed E-state index contributed by atoms with van der Waals surface area (Å²) in [5.41, 5.74) is 1.23. The van der Waals surface area contributed by atoms with Gasteiger partial charge < -0.3 is 4.43 Å². The highest BCUT2D eigenvalue weighted by Gasteiger charge is 2.39. The standard InChI is InChI=1S/C19H34O2Si/c1-9-11-17(3)18(14-13-16(2)12-10-15-20)21-22(7,8)19(4,5)6/h9-12,15-16,18H,1,13-14H2,2-8H3/b12-10+,17-11+/t16-,18-/m1/s1. The second kappa shape index (κ2) is 9.26. The summed E-state index contributed by atoms with van der Waals surface area (Å²) in [6, 6.07) is 0. The van der Waals surface area contributed by atoms with E-state index in [9.17, 15) is 4.79 Å². The minimum atomic E-state index is -1.81. The maximum atomic E-state index is 10.4. The van der Waals surface area contributed by atoms with Gasteiger partial charge in [-0.25, -0.2) is 0 Å². The number of carbonyl (C=O) groups is 1. The molecule has 0 heterocycles. The summed E-state index contributed by atoms with van der Waals surface area (Å²) in [6.45, 7) is 19.4. The summed E-state index contributed by atoms with van der Waals surface area (Å²) in [5, 5.41) is 0.197. The number of allylic oxidation sites excluding steroid dienone is 4. The molecule has 0 unspecified atom stereocenters. The van der Waals surface area contributed by atoms with Crippen LogP contribution in [0.1, 0.15) is 47.5 Å². The van der Waals surface area contributed by atoms with Crippen molar-refractivity contribution in [2.45, 2.75) is 71.7 Å². The molecule has 0 fully saturated rings. The minimum Gasteiger partial charge on any atom is -0.410 e. The van der Waals surface area contributed by atoms with Gasteiger partial charge in [-0.2, -0.15) is 0 Å². The Morgan fingerprint density at radius 1 is 1.27 bits per heavy atom. The van der Waals surface area contributed by atoms with Crippen LogP contribution in [0.15, 0.2) is 36.5 Å². The highest BCUT2D eigenvalue weighted by molar-refractivity contribution is 6.74. The molecule has 0 aliphatic rings. The molecule has 3 heteroatoms. The van der Waals surface area contributed by atoms with E-state index in [0.29, 0.717) is 5.92 Å². The van der Waals surface area contributed by atoms with Crippen molar-refractivity contribution < 1.29 is 9.22 Å². The van der Waals surface area contributed by atoms with Crippen molar-refractivity contribution in [1.29, 1.82) is 0 Å². The van der Waals surface area contributed by atoms with Crippen molar-refractivity contribution in [2.75, 3.05) is 0 Å². The van der Waals surface area contributed by atoms with Gasteiger partial charge in [-0.05, 0) is 55.5 Å². The molecule has 0 N–H and O–H groups in total. The molecule has 0 amide bonds. The van der Waals surface area contributed by atoms with Gasteiger partial charge in [0.2, 0.25) is 0 Å². The van der Waals surface area contributed by atoms with Gasteiger partial charge in [0.25, 0.3) is 0 Å². The predicted octanol–water partition coefficient (Wildman–Crippen LogP) is 5.68. The molecule has 2 atom stereocenters. The van der Waals surface area contributed by atoms with Crippen LogP contribution in [0, 0.1) is 5.92 Å². The van der Waals surface area contributed by atoms with Gasteiger partial charge in [0.05, 0.1) is 6.10 Å². The van der Waals surface area contributed by atoms with Crippen LogP contribution in [0.5, 0.6) is 0 Å². The van der Waals surface area contributed by atoms with E-state index in [1.807, 2.05) is 18.2 Å². The SMILES string of the molecule is C=C/C=C(\C)[C@@H](CC[C@H](C)/C=C/C=O)O[Si](C)(C)C(C)(C)C. The van der Waals surface area contributed by atoms with Crippen molar-refractivity contribution in [3.8, 4) is 0 Å². The summed E-state index contributed by atoms with van der Waals surface area (Å²) in [7, 11) is -1.81. The van der Waals surface area contributed by atoms with Gasteiger partial charge in [-0.1, -0.05) is 52.5 Å². The summed E-state index contributed by atoms with van der Waals surface area (Å²) in [5.74, 6) is 0.382. The minimum absolute atomic E-state index is 0.131. The highest BCUT2D eigenvalue weighted by atomic mass is 28.4. The lowest BCUT2D eigenvalue weighted by molar-refractivity contribution is -0.104. The van der Waals surface area contributed by atoms with Crippen molar-refractivity contribution in [3.63, 3.8) is 0 Å². The van der Waals surface area contributed by atoms with Crippen LogP contribution >= 0.6 is 0 Å². The third kappa shape index (κ3) is 7.37. The normalized spacial score (nSPS) is 16.6. The molecule has 0 radical (unpaired) electrons. The van der Waals surface area contributed by atoms with Crippen LogP contribution in [0.2, 0.25) is 18.1 Å². The number of hydrogen-bond acceptors (Lipinski definition) is 2. The Hall–Kier alpha value is -0.933. The largest absolute Gasteiger partial charge is 0.410 e. The monoisotopic (exact) mass is 322 g/mol. The second-order valence-corrected chi connectivity index (χ2v) is 12.3. The maximum absolute atomic E-state index is 10.4. The quantitative estimate of drug-likeness (QED) is 0.236. The Balaban J connectivity index is 5.00. The zero-order valence-corrected chi connectivity index (χ0v) is 16.5. The van der Waals surface area contributed by atoms with Crippen molar-refractivity contribution in [2.24, 2.45) is 5.92 Å². The van der Waals surface area contributed by atoms with E-state index in [0.717, 1.165) is 19.1 Å². The first-order valence-electron chi connectivity index (χ1n) is 8.14. The third-order valence-corrected chi connectivity index (χ3v) is 9.02. The lowest BCUT2D eigenvalue weighted by atomic mass is 9.99. The molecule has 22 heavy (non-hydrogen) atoms. The highest BCUT2D eigenvalue weighted by Crippen LogP contribution is 2.38. The average Bonchev–Trinajstić information content (AvgIpc) is 2.39. The van der Waals surface area contributed by atoms with E-state index in [2.05, 4.69) is 54.3 Å². The Morgan fingerprint density at radius 2 is 1.86 bits per heavy atom. The molecule has 0 saturated carbocycles. The van der Waals surface area contributed by atoms with Gasteiger partial charge in [0, 0.05) is 0 Å². The summed E-state index contributed by atoms with van der Waals surface area (Å²) in [6.07, 6.45) is 10.4. The molecular weight excluding hydrogens is 288 g/mol. The first kappa shape index (κ1) is 21.1.